The number of benzene rings is 1. The second-order valence-corrected chi connectivity index (χ2v) is 4.82. The first-order valence-corrected chi connectivity index (χ1v) is 6.68. The van der Waals surface area contributed by atoms with Gasteiger partial charge < -0.3 is 21.1 Å². The van der Waals surface area contributed by atoms with Gasteiger partial charge in [0.05, 0.1) is 0 Å². The topological polar surface area (TPSA) is 93.5 Å². The van der Waals surface area contributed by atoms with Crippen LogP contribution in [0.25, 0.3) is 0 Å². The Bertz CT molecular complexity index is 473. The fourth-order valence-corrected chi connectivity index (χ4v) is 2.16. The lowest BCUT2D eigenvalue weighted by Gasteiger charge is -2.11. The molecule has 1 heterocycles. The molecule has 0 aliphatic carbocycles. The Hall–Kier alpha value is -1.79. The summed E-state index contributed by atoms with van der Waals surface area (Å²) in [6.45, 7) is 0.836. The van der Waals surface area contributed by atoms with Crippen molar-refractivity contribution in [1.29, 1.82) is 0 Å². The maximum absolute atomic E-state index is 11.8. The monoisotopic (exact) mass is 313 g/mol. The molecule has 1 aromatic rings. The van der Waals surface area contributed by atoms with Crippen LogP contribution in [-0.2, 0) is 9.59 Å². The number of nitrogens with two attached hydrogens (primary N) is 1. The molecule has 0 aromatic heterocycles. The Morgan fingerprint density at radius 2 is 2.05 bits per heavy atom. The minimum absolute atomic E-state index is 0. The number of halogens is 1. The second-order valence-electron chi connectivity index (χ2n) is 4.82. The maximum Gasteiger partial charge on any atom is 0.255 e. The van der Waals surface area contributed by atoms with Crippen molar-refractivity contribution in [2.24, 2.45) is 5.73 Å². The summed E-state index contributed by atoms with van der Waals surface area (Å²) in [7, 11) is 0. The van der Waals surface area contributed by atoms with Gasteiger partial charge in [-0.15, -0.1) is 12.4 Å². The molecule has 2 amide bonds. The van der Waals surface area contributed by atoms with Crippen LogP contribution in [0.3, 0.4) is 0 Å². The molecule has 2 rings (SSSR count). The highest BCUT2D eigenvalue weighted by molar-refractivity contribution is 5.91. The summed E-state index contributed by atoms with van der Waals surface area (Å²) in [5.74, 6) is 0.0147. The van der Waals surface area contributed by atoms with Crippen molar-refractivity contribution < 1.29 is 14.3 Å². The number of rotatable bonds is 6. The zero-order valence-electron chi connectivity index (χ0n) is 11.6. The van der Waals surface area contributed by atoms with Crippen LogP contribution < -0.4 is 21.1 Å². The van der Waals surface area contributed by atoms with E-state index in [1.807, 2.05) is 0 Å². The van der Waals surface area contributed by atoms with Crippen molar-refractivity contribution >= 4 is 29.9 Å². The van der Waals surface area contributed by atoms with Crippen LogP contribution >= 0.6 is 12.4 Å². The average Bonchev–Trinajstić information content (AvgIpc) is 2.90. The van der Waals surface area contributed by atoms with E-state index in [1.165, 1.54) is 0 Å². The summed E-state index contributed by atoms with van der Waals surface area (Å²) < 4.78 is 5.14. The van der Waals surface area contributed by atoms with Crippen LogP contribution in [0.5, 0.6) is 5.75 Å². The Morgan fingerprint density at radius 1 is 1.33 bits per heavy atom. The Balaban J connectivity index is 0.00000220. The summed E-state index contributed by atoms with van der Waals surface area (Å²) >= 11 is 0. The van der Waals surface area contributed by atoms with E-state index in [2.05, 4.69) is 10.6 Å². The summed E-state index contributed by atoms with van der Waals surface area (Å²) in [5, 5.41) is 6.12. The van der Waals surface area contributed by atoms with Crippen LogP contribution in [0.4, 0.5) is 5.69 Å². The van der Waals surface area contributed by atoms with E-state index in [-0.39, 0.29) is 31.0 Å². The summed E-state index contributed by atoms with van der Waals surface area (Å²) in [6, 6.07) is 7.12. The fraction of sp³-hybridized carbons (Fsp3) is 0.429. The molecule has 6 nitrogen and oxygen atoms in total. The third-order valence-electron chi connectivity index (χ3n) is 3.11. The van der Waals surface area contributed by atoms with Crippen molar-refractivity contribution in [3.63, 3.8) is 0 Å². The predicted octanol–water partition coefficient (Wildman–Crippen LogP) is 1.05. The number of anilines is 1. The minimum atomic E-state index is -0.522. The van der Waals surface area contributed by atoms with E-state index in [0.29, 0.717) is 17.9 Å². The molecule has 0 saturated carbocycles. The molecule has 0 radical (unpaired) electrons. The predicted molar refractivity (Wildman–Crippen MR) is 82.7 cm³/mol. The molecule has 1 atom stereocenters. The molecule has 1 fully saturated rings. The van der Waals surface area contributed by atoms with Crippen LogP contribution in [0.15, 0.2) is 24.3 Å². The van der Waals surface area contributed by atoms with E-state index >= 15 is 0 Å². The van der Waals surface area contributed by atoms with Gasteiger partial charge >= 0.3 is 0 Å². The van der Waals surface area contributed by atoms with Gasteiger partial charge in [0.15, 0.2) is 6.61 Å². The Labute approximate surface area is 129 Å². The van der Waals surface area contributed by atoms with Gasteiger partial charge in [-0.1, -0.05) is 0 Å². The summed E-state index contributed by atoms with van der Waals surface area (Å²) in [4.78, 5) is 22.4. The SMILES string of the molecule is Cl.NC(=O)COc1ccc(NC(=O)CC2CCCN2)cc1. The van der Waals surface area contributed by atoms with Gasteiger partial charge in [-0.05, 0) is 43.7 Å². The lowest BCUT2D eigenvalue weighted by atomic mass is 10.1. The Morgan fingerprint density at radius 3 is 2.62 bits per heavy atom. The molecule has 21 heavy (non-hydrogen) atoms. The first-order valence-electron chi connectivity index (χ1n) is 6.68. The second kappa shape index (κ2) is 8.49. The average molecular weight is 314 g/mol. The van der Waals surface area contributed by atoms with Crippen LogP contribution in [0, 0.1) is 0 Å². The van der Waals surface area contributed by atoms with Crippen molar-refractivity contribution in [2.45, 2.75) is 25.3 Å². The summed E-state index contributed by atoms with van der Waals surface area (Å²) in [6.07, 6.45) is 2.66. The largest absolute Gasteiger partial charge is 0.484 e. The minimum Gasteiger partial charge on any atom is -0.484 e. The number of ether oxygens (including phenoxy) is 1. The molecule has 1 unspecified atom stereocenters. The molecule has 0 bridgehead atoms. The number of carbonyl (C=O) groups excluding carboxylic acids is 2. The molecule has 1 saturated heterocycles. The van der Waals surface area contributed by atoms with Crippen molar-refractivity contribution in [1.82, 2.24) is 5.32 Å². The molecule has 1 aliphatic heterocycles. The third kappa shape index (κ3) is 6.01. The number of hydrogen-bond donors (Lipinski definition) is 3. The zero-order valence-corrected chi connectivity index (χ0v) is 12.4. The molecule has 1 aromatic carbocycles. The number of primary amides is 1. The van der Waals surface area contributed by atoms with Gasteiger partial charge in [0, 0.05) is 18.2 Å². The molecular formula is C14H20ClN3O3. The molecule has 0 spiro atoms. The third-order valence-corrected chi connectivity index (χ3v) is 3.11. The van der Waals surface area contributed by atoms with Crippen molar-refractivity contribution in [2.75, 3.05) is 18.5 Å². The van der Waals surface area contributed by atoms with Gasteiger partial charge in [0.25, 0.3) is 5.91 Å². The van der Waals surface area contributed by atoms with Crippen molar-refractivity contribution in [3.8, 4) is 5.75 Å². The van der Waals surface area contributed by atoms with Gasteiger partial charge in [-0.2, -0.15) is 0 Å². The smallest absolute Gasteiger partial charge is 0.255 e. The lowest BCUT2D eigenvalue weighted by molar-refractivity contribution is -0.120. The highest BCUT2D eigenvalue weighted by Gasteiger charge is 2.17. The van der Waals surface area contributed by atoms with E-state index in [4.69, 9.17) is 10.5 Å². The first kappa shape index (κ1) is 17.3. The molecule has 116 valence electrons. The van der Waals surface area contributed by atoms with Gasteiger partial charge in [0.1, 0.15) is 5.75 Å². The van der Waals surface area contributed by atoms with E-state index in [0.717, 1.165) is 19.4 Å². The van der Waals surface area contributed by atoms with Crippen LogP contribution in [-0.4, -0.2) is 31.0 Å². The Kier molecular flexibility index (Phi) is 6.98. The normalized spacial score (nSPS) is 16.9. The van der Waals surface area contributed by atoms with Crippen LogP contribution in [0.1, 0.15) is 19.3 Å². The zero-order chi connectivity index (χ0) is 14.4. The number of carbonyl (C=O) groups is 2. The van der Waals surface area contributed by atoms with E-state index in [9.17, 15) is 9.59 Å². The molecule has 4 N–H and O–H groups in total. The number of hydrogen-bond acceptors (Lipinski definition) is 4. The molecule has 1 aliphatic rings. The van der Waals surface area contributed by atoms with Gasteiger partial charge in [-0.25, -0.2) is 0 Å². The highest BCUT2D eigenvalue weighted by Crippen LogP contribution is 2.16. The van der Waals surface area contributed by atoms with Gasteiger partial charge in [-0.3, -0.25) is 9.59 Å². The molecular weight excluding hydrogens is 294 g/mol. The quantitative estimate of drug-likeness (QED) is 0.732. The number of nitrogens with one attached hydrogen (secondary N) is 2. The number of amides is 2. The standard InChI is InChI=1S/C14H19N3O3.ClH/c15-13(18)9-20-12-5-3-10(4-6-12)17-14(19)8-11-2-1-7-16-11;/h3-6,11,16H,1-2,7-9H2,(H2,15,18)(H,17,19);1H. The maximum atomic E-state index is 11.8. The fourth-order valence-electron chi connectivity index (χ4n) is 2.16. The molecule has 7 heteroatoms. The summed E-state index contributed by atoms with van der Waals surface area (Å²) in [5.41, 5.74) is 5.69. The van der Waals surface area contributed by atoms with Crippen molar-refractivity contribution in [3.05, 3.63) is 24.3 Å². The van der Waals surface area contributed by atoms with E-state index in [1.54, 1.807) is 24.3 Å². The van der Waals surface area contributed by atoms with Crippen LogP contribution in [0.2, 0.25) is 0 Å². The highest BCUT2D eigenvalue weighted by atomic mass is 35.5. The lowest BCUT2D eigenvalue weighted by Crippen LogP contribution is -2.27. The first-order chi connectivity index (χ1) is 9.63. The van der Waals surface area contributed by atoms with Gasteiger partial charge in [0.2, 0.25) is 5.91 Å². The van der Waals surface area contributed by atoms with E-state index < -0.39 is 5.91 Å².